The van der Waals surface area contributed by atoms with Crippen molar-refractivity contribution in [3.05, 3.63) is 22.7 Å². The Hall–Kier alpha value is -1.20. The highest BCUT2D eigenvalue weighted by molar-refractivity contribution is 6.33. The highest BCUT2D eigenvalue weighted by Crippen LogP contribution is 2.22. The molecule has 0 unspecified atom stereocenters. The van der Waals surface area contributed by atoms with Gasteiger partial charge in [-0.2, -0.15) is 0 Å². The number of amides is 1. The molecule has 2 rings (SSSR count). The van der Waals surface area contributed by atoms with Crippen molar-refractivity contribution in [3.8, 4) is 0 Å². The zero-order chi connectivity index (χ0) is 15.4. The van der Waals surface area contributed by atoms with Crippen LogP contribution < -0.4 is 5.32 Å². The smallest absolute Gasteiger partial charge is 0.274 e. The van der Waals surface area contributed by atoms with Gasteiger partial charge in [-0.25, -0.2) is 9.97 Å². The summed E-state index contributed by atoms with van der Waals surface area (Å²) in [6.45, 7) is 6.47. The van der Waals surface area contributed by atoms with Crippen LogP contribution in [0.4, 0.5) is 0 Å². The Morgan fingerprint density at radius 1 is 1.57 bits per heavy atom. The third-order valence-corrected chi connectivity index (χ3v) is 4.06. The quantitative estimate of drug-likeness (QED) is 0.927. The molecule has 116 valence electrons. The predicted octanol–water partition coefficient (Wildman–Crippen LogP) is 2.33. The lowest BCUT2D eigenvalue weighted by atomic mass is 9.98. The van der Waals surface area contributed by atoms with Gasteiger partial charge < -0.3 is 10.2 Å². The molecule has 1 saturated heterocycles. The average Bonchev–Trinajstić information content (AvgIpc) is 2.47. The van der Waals surface area contributed by atoms with Crippen molar-refractivity contribution in [3.63, 3.8) is 0 Å². The molecule has 1 aliphatic heterocycles. The summed E-state index contributed by atoms with van der Waals surface area (Å²) in [7, 11) is 1.94. The van der Waals surface area contributed by atoms with Crippen molar-refractivity contribution in [2.45, 2.75) is 32.6 Å². The lowest BCUT2D eigenvalue weighted by Gasteiger charge is -2.32. The molecule has 0 spiro atoms. The zero-order valence-electron chi connectivity index (χ0n) is 12.9. The molecule has 5 nitrogen and oxygen atoms in total. The van der Waals surface area contributed by atoms with Crippen LogP contribution in [-0.4, -0.2) is 47.5 Å². The van der Waals surface area contributed by atoms with Gasteiger partial charge in [0, 0.05) is 19.0 Å². The van der Waals surface area contributed by atoms with E-state index in [-0.39, 0.29) is 11.8 Å². The van der Waals surface area contributed by atoms with Crippen LogP contribution in [0.1, 0.15) is 48.9 Å². The molecule has 1 aromatic rings. The van der Waals surface area contributed by atoms with Crippen LogP contribution in [-0.2, 0) is 0 Å². The first kappa shape index (κ1) is 16.2. The summed E-state index contributed by atoms with van der Waals surface area (Å²) < 4.78 is 0. The summed E-state index contributed by atoms with van der Waals surface area (Å²) in [6.07, 6.45) is 3.71. The highest BCUT2D eigenvalue weighted by Gasteiger charge is 2.26. The van der Waals surface area contributed by atoms with Crippen LogP contribution in [0.3, 0.4) is 0 Å². The number of nitrogens with zero attached hydrogens (tertiary/aromatic N) is 3. The molecule has 1 aromatic heterocycles. The summed E-state index contributed by atoms with van der Waals surface area (Å²) >= 11 is 6.13. The van der Waals surface area contributed by atoms with Crippen LogP contribution in [0.15, 0.2) is 6.20 Å². The minimum Gasteiger partial charge on any atom is -0.337 e. The van der Waals surface area contributed by atoms with Gasteiger partial charge in [0.25, 0.3) is 5.91 Å². The fourth-order valence-electron chi connectivity index (χ4n) is 2.66. The first-order chi connectivity index (χ1) is 10.0. The second-order valence-corrected chi connectivity index (χ2v) is 6.30. The maximum Gasteiger partial charge on any atom is 0.274 e. The van der Waals surface area contributed by atoms with Crippen LogP contribution >= 0.6 is 11.6 Å². The van der Waals surface area contributed by atoms with E-state index in [1.165, 1.54) is 6.20 Å². The summed E-state index contributed by atoms with van der Waals surface area (Å²) in [5, 5.41) is 3.52. The topological polar surface area (TPSA) is 58.1 Å². The second-order valence-electron chi connectivity index (χ2n) is 5.90. The monoisotopic (exact) mass is 310 g/mol. The van der Waals surface area contributed by atoms with Gasteiger partial charge in [-0.05, 0) is 32.4 Å². The van der Waals surface area contributed by atoms with Gasteiger partial charge in [0.05, 0.1) is 11.2 Å². The molecule has 0 saturated carbocycles. The third-order valence-electron chi connectivity index (χ3n) is 3.78. The van der Waals surface area contributed by atoms with E-state index in [2.05, 4.69) is 15.3 Å². The van der Waals surface area contributed by atoms with Crippen LogP contribution in [0.2, 0.25) is 5.02 Å². The third kappa shape index (κ3) is 3.92. The number of hydrogen-bond donors (Lipinski definition) is 1. The molecule has 1 aliphatic rings. The summed E-state index contributed by atoms with van der Waals surface area (Å²) in [4.78, 5) is 23.1. The van der Waals surface area contributed by atoms with E-state index in [0.29, 0.717) is 22.5 Å². The van der Waals surface area contributed by atoms with Crippen molar-refractivity contribution in [2.24, 2.45) is 5.92 Å². The van der Waals surface area contributed by atoms with E-state index in [4.69, 9.17) is 11.6 Å². The van der Waals surface area contributed by atoms with E-state index in [1.807, 2.05) is 25.8 Å². The second kappa shape index (κ2) is 7.18. The van der Waals surface area contributed by atoms with E-state index in [1.54, 1.807) is 0 Å². The van der Waals surface area contributed by atoms with Gasteiger partial charge in [0.15, 0.2) is 5.69 Å². The molecule has 1 atom stereocenters. The Kier molecular flexibility index (Phi) is 5.53. The molecular weight excluding hydrogens is 288 g/mol. The Morgan fingerprint density at radius 3 is 3.00 bits per heavy atom. The summed E-state index contributed by atoms with van der Waals surface area (Å²) in [5.74, 6) is 1.25. The van der Waals surface area contributed by atoms with E-state index in [9.17, 15) is 4.79 Å². The van der Waals surface area contributed by atoms with Gasteiger partial charge in [-0.3, -0.25) is 4.79 Å². The zero-order valence-corrected chi connectivity index (χ0v) is 13.7. The fraction of sp³-hybridized carbons (Fsp3) is 0.667. The number of carbonyl (C=O) groups excluding carboxylic acids is 1. The fourth-order valence-corrected chi connectivity index (χ4v) is 2.84. The van der Waals surface area contributed by atoms with Crippen molar-refractivity contribution in [1.82, 2.24) is 20.2 Å². The molecule has 2 heterocycles. The molecule has 1 fully saturated rings. The molecule has 0 bridgehead atoms. The first-order valence-corrected chi connectivity index (χ1v) is 7.87. The maximum atomic E-state index is 12.7. The Morgan fingerprint density at radius 2 is 2.33 bits per heavy atom. The van der Waals surface area contributed by atoms with Gasteiger partial charge in [-0.15, -0.1) is 0 Å². The molecule has 0 aliphatic carbocycles. The highest BCUT2D eigenvalue weighted by atomic mass is 35.5. The van der Waals surface area contributed by atoms with E-state index < -0.39 is 0 Å². The lowest BCUT2D eigenvalue weighted by Crippen LogP contribution is -2.43. The molecule has 6 heteroatoms. The Bertz CT molecular complexity index is 504. The number of rotatable bonds is 4. The van der Waals surface area contributed by atoms with Crippen molar-refractivity contribution in [2.75, 3.05) is 26.7 Å². The largest absolute Gasteiger partial charge is 0.337 e. The molecule has 0 aromatic carbocycles. The van der Waals surface area contributed by atoms with Crippen molar-refractivity contribution < 1.29 is 4.79 Å². The standard InChI is InChI=1S/C15H23ClN4O/c1-10(2)14-18-8-12(16)13(19-14)15(21)20-6-4-5-11(9-20)7-17-3/h8,10-11,17H,4-7,9H2,1-3H3/t11-/m1/s1. The normalized spacial score (nSPS) is 19.1. The summed E-state index contributed by atoms with van der Waals surface area (Å²) in [5.41, 5.74) is 0.334. The van der Waals surface area contributed by atoms with Crippen LogP contribution in [0.25, 0.3) is 0 Å². The summed E-state index contributed by atoms with van der Waals surface area (Å²) in [6, 6.07) is 0. The number of piperidine rings is 1. The van der Waals surface area contributed by atoms with Gasteiger partial charge in [0.1, 0.15) is 5.82 Å². The number of likely N-dealkylation sites (tertiary alicyclic amines) is 1. The minimum atomic E-state index is -0.0786. The molecular formula is C15H23ClN4O. The molecule has 21 heavy (non-hydrogen) atoms. The van der Waals surface area contributed by atoms with Gasteiger partial charge in [-0.1, -0.05) is 25.4 Å². The molecule has 1 amide bonds. The van der Waals surface area contributed by atoms with Crippen LogP contribution in [0, 0.1) is 5.92 Å². The van der Waals surface area contributed by atoms with Crippen molar-refractivity contribution >= 4 is 17.5 Å². The number of halogens is 1. The maximum absolute atomic E-state index is 12.7. The number of aromatic nitrogens is 2. The number of carbonyl (C=O) groups is 1. The van der Waals surface area contributed by atoms with Gasteiger partial charge >= 0.3 is 0 Å². The van der Waals surface area contributed by atoms with Gasteiger partial charge in [0.2, 0.25) is 0 Å². The Balaban J connectivity index is 2.17. The number of hydrogen-bond acceptors (Lipinski definition) is 4. The SMILES string of the molecule is CNC[C@H]1CCCN(C(=O)c2nc(C(C)C)ncc2Cl)C1. The lowest BCUT2D eigenvalue weighted by molar-refractivity contribution is 0.0668. The van der Waals surface area contributed by atoms with Crippen molar-refractivity contribution in [1.29, 1.82) is 0 Å². The Labute approximate surface area is 131 Å². The first-order valence-electron chi connectivity index (χ1n) is 7.49. The molecule has 0 radical (unpaired) electrons. The van der Waals surface area contributed by atoms with Crippen LogP contribution in [0.5, 0.6) is 0 Å². The predicted molar refractivity (Wildman–Crippen MR) is 83.7 cm³/mol. The number of nitrogens with one attached hydrogen (secondary N) is 1. The minimum absolute atomic E-state index is 0.0786. The average molecular weight is 311 g/mol. The molecule has 1 N–H and O–H groups in total. The van der Waals surface area contributed by atoms with E-state index >= 15 is 0 Å². The van der Waals surface area contributed by atoms with E-state index in [0.717, 1.165) is 32.5 Å².